The Morgan fingerprint density at radius 3 is 1.82 bits per heavy atom. The van der Waals surface area contributed by atoms with Crippen molar-refractivity contribution in [1.29, 1.82) is 0 Å². The maximum absolute atomic E-state index is 13.3. The third-order valence-electron chi connectivity index (χ3n) is 6.92. The summed E-state index contributed by atoms with van der Waals surface area (Å²) < 4.78 is 127. The van der Waals surface area contributed by atoms with Crippen LogP contribution < -0.4 is 20.1 Å². The predicted molar refractivity (Wildman–Crippen MR) is 152 cm³/mol. The lowest BCUT2D eigenvalue weighted by Crippen LogP contribution is -2.46. The van der Waals surface area contributed by atoms with E-state index in [9.17, 15) is 39.5 Å². The highest BCUT2D eigenvalue weighted by Crippen LogP contribution is 2.40. The van der Waals surface area contributed by atoms with Gasteiger partial charge in [0.1, 0.15) is 11.5 Å². The van der Waals surface area contributed by atoms with E-state index < -0.39 is 48.2 Å². The van der Waals surface area contributed by atoms with Gasteiger partial charge in [0.2, 0.25) is 0 Å². The van der Waals surface area contributed by atoms with E-state index in [1.54, 1.807) is 30.3 Å². The Kier molecular flexibility index (Phi) is 10.1. The van der Waals surface area contributed by atoms with Crippen molar-refractivity contribution in [3.63, 3.8) is 0 Å². The molecule has 45 heavy (non-hydrogen) atoms. The third kappa shape index (κ3) is 9.64. The highest BCUT2D eigenvalue weighted by atomic mass is 32.1. The quantitative estimate of drug-likeness (QED) is 0.178. The fourth-order valence-electron chi connectivity index (χ4n) is 4.98. The third-order valence-corrected chi connectivity index (χ3v) is 7.16. The van der Waals surface area contributed by atoms with Crippen molar-refractivity contribution in [2.24, 2.45) is 5.92 Å². The molecular formula is C31H25F9N2O2S. The van der Waals surface area contributed by atoms with Crippen LogP contribution >= 0.6 is 12.2 Å². The van der Waals surface area contributed by atoms with Gasteiger partial charge in [-0.15, -0.1) is 26.3 Å². The fourth-order valence-corrected chi connectivity index (χ4v) is 5.18. The van der Waals surface area contributed by atoms with Crippen LogP contribution in [0.25, 0.3) is 0 Å². The van der Waals surface area contributed by atoms with Crippen LogP contribution in [0.2, 0.25) is 0 Å². The molecule has 0 saturated heterocycles. The van der Waals surface area contributed by atoms with Crippen molar-refractivity contribution in [2.45, 2.75) is 37.2 Å². The smallest absolute Gasteiger partial charge is 0.406 e. The standard InChI is InChI=1S/C31H25F9N2O2S/c32-29(33,34)23-11-4-12-24(15-23)42-27(45)41-19-28(18-20-7-2-1-3-8-20,21-9-5-13-25(16-21)43-30(35,36)37)22-10-6-14-26(17-22)44-31(38,39)40/h1-14,16-17,23H,15,18-19H2,(H2,41,42,45). The monoisotopic (exact) mass is 660 g/mol. The summed E-state index contributed by atoms with van der Waals surface area (Å²) in [6, 6.07) is 18.6. The second kappa shape index (κ2) is 13.4. The molecule has 4 nitrogen and oxygen atoms in total. The Bertz CT molecular complexity index is 1470. The second-order valence-corrected chi connectivity index (χ2v) is 10.5. The van der Waals surface area contributed by atoms with Crippen LogP contribution in [0.3, 0.4) is 0 Å². The van der Waals surface area contributed by atoms with Gasteiger partial charge in [-0.3, -0.25) is 0 Å². The zero-order chi connectivity index (χ0) is 32.9. The normalized spacial score (nSPS) is 15.7. The van der Waals surface area contributed by atoms with Gasteiger partial charge in [0.15, 0.2) is 5.11 Å². The van der Waals surface area contributed by atoms with E-state index in [0.717, 1.165) is 30.3 Å². The molecule has 0 bridgehead atoms. The second-order valence-electron chi connectivity index (χ2n) is 10.1. The minimum atomic E-state index is -5.03. The van der Waals surface area contributed by atoms with Crippen molar-refractivity contribution < 1.29 is 49.0 Å². The van der Waals surface area contributed by atoms with Crippen LogP contribution in [0.4, 0.5) is 39.5 Å². The first-order valence-electron chi connectivity index (χ1n) is 13.3. The molecule has 2 N–H and O–H groups in total. The van der Waals surface area contributed by atoms with Crippen molar-refractivity contribution in [3.8, 4) is 11.5 Å². The Labute approximate surface area is 257 Å². The van der Waals surface area contributed by atoms with Crippen LogP contribution in [-0.2, 0) is 11.8 Å². The summed E-state index contributed by atoms with van der Waals surface area (Å²) in [7, 11) is 0. The lowest BCUT2D eigenvalue weighted by Gasteiger charge is -2.37. The van der Waals surface area contributed by atoms with Crippen LogP contribution in [0, 0.1) is 5.92 Å². The van der Waals surface area contributed by atoms with Crippen molar-refractivity contribution in [1.82, 2.24) is 10.6 Å². The first-order valence-corrected chi connectivity index (χ1v) is 13.7. The molecule has 0 saturated carbocycles. The van der Waals surface area contributed by atoms with Gasteiger partial charge < -0.3 is 20.1 Å². The van der Waals surface area contributed by atoms with Crippen molar-refractivity contribution >= 4 is 17.3 Å². The predicted octanol–water partition coefficient (Wildman–Crippen LogP) is 8.50. The molecule has 1 unspecified atom stereocenters. The lowest BCUT2D eigenvalue weighted by atomic mass is 9.70. The van der Waals surface area contributed by atoms with Crippen molar-refractivity contribution in [2.75, 3.05) is 6.54 Å². The van der Waals surface area contributed by atoms with Crippen LogP contribution in [0.5, 0.6) is 11.5 Å². The highest BCUT2D eigenvalue weighted by molar-refractivity contribution is 7.80. The van der Waals surface area contributed by atoms with Crippen LogP contribution in [0.1, 0.15) is 23.1 Å². The van der Waals surface area contributed by atoms with Gasteiger partial charge in [0.25, 0.3) is 0 Å². The zero-order valence-corrected chi connectivity index (χ0v) is 23.9. The molecule has 0 amide bonds. The van der Waals surface area contributed by atoms with E-state index >= 15 is 0 Å². The number of benzene rings is 3. The molecule has 0 radical (unpaired) electrons. The molecule has 14 heteroatoms. The van der Waals surface area contributed by atoms with Crippen LogP contribution in [-0.4, -0.2) is 30.6 Å². The Morgan fingerprint density at radius 1 is 0.756 bits per heavy atom. The number of rotatable bonds is 9. The van der Waals surface area contributed by atoms with Gasteiger partial charge in [-0.1, -0.05) is 66.7 Å². The molecule has 0 aliphatic heterocycles. The largest absolute Gasteiger partial charge is 0.573 e. The lowest BCUT2D eigenvalue weighted by molar-refractivity contribution is -0.275. The summed E-state index contributed by atoms with van der Waals surface area (Å²) in [5.41, 5.74) is -0.171. The first-order chi connectivity index (χ1) is 21.0. The maximum Gasteiger partial charge on any atom is 0.573 e. The molecule has 1 atom stereocenters. The molecule has 0 heterocycles. The van der Waals surface area contributed by atoms with E-state index in [4.69, 9.17) is 12.2 Å². The van der Waals surface area contributed by atoms with E-state index in [-0.39, 0.29) is 34.9 Å². The number of alkyl halides is 9. The van der Waals surface area contributed by atoms with E-state index in [1.165, 1.54) is 36.4 Å². The zero-order valence-electron chi connectivity index (χ0n) is 23.1. The molecule has 0 spiro atoms. The Balaban J connectivity index is 1.77. The van der Waals surface area contributed by atoms with Crippen LogP contribution in [0.15, 0.2) is 103 Å². The Hall–Kier alpha value is -4.20. The van der Waals surface area contributed by atoms with Crippen molar-refractivity contribution in [3.05, 3.63) is 119 Å². The number of halogens is 9. The fraction of sp³-hybridized carbons (Fsp3) is 0.258. The summed E-state index contributed by atoms with van der Waals surface area (Å²) in [6.45, 7) is -0.218. The van der Waals surface area contributed by atoms with E-state index in [0.29, 0.717) is 5.56 Å². The molecule has 0 aromatic heterocycles. The topological polar surface area (TPSA) is 42.5 Å². The van der Waals surface area contributed by atoms with Gasteiger partial charge in [0.05, 0.1) is 5.92 Å². The molecule has 240 valence electrons. The molecule has 1 aliphatic rings. The minimum Gasteiger partial charge on any atom is -0.406 e. The van der Waals surface area contributed by atoms with Gasteiger partial charge in [-0.2, -0.15) is 13.2 Å². The number of hydrogen-bond acceptors (Lipinski definition) is 3. The van der Waals surface area contributed by atoms with Gasteiger partial charge >= 0.3 is 18.9 Å². The number of nitrogens with one attached hydrogen (secondary N) is 2. The molecule has 1 aliphatic carbocycles. The first kappa shape index (κ1) is 33.7. The SMILES string of the molecule is FC(F)(F)Oc1cccc(C(CNC(=S)NC2=CC=CC(C(F)(F)F)C2)(Cc2ccccc2)c2cccc(OC(F)(F)F)c2)c1. The molecule has 3 aromatic rings. The molecule has 0 fully saturated rings. The van der Waals surface area contributed by atoms with Gasteiger partial charge in [0, 0.05) is 24.1 Å². The molecule has 3 aromatic carbocycles. The molecule has 4 rings (SSSR count). The summed E-state index contributed by atoms with van der Waals surface area (Å²) in [5, 5.41) is 5.54. The summed E-state index contributed by atoms with van der Waals surface area (Å²) in [6.07, 6.45) is -11.2. The maximum atomic E-state index is 13.3. The number of thiocarbonyl (C=S) groups is 1. The van der Waals surface area contributed by atoms with Gasteiger partial charge in [-0.25, -0.2) is 0 Å². The summed E-state index contributed by atoms with van der Waals surface area (Å²) in [5.74, 6) is -2.88. The number of hydrogen-bond donors (Lipinski definition) is 2. The number of allylic oxidation sites excluding steroid dienone is 4. The average Bonchev–Trinajstić information content (AvgIpc) is 2.94. The highest BCUT2D eigenvalue weighted by Gasteiger charge is 2.40. The summed E-state index contributed by atoms with van der Waals surface area (Å²) in [4.78, 5) is 0. The Morgan fingerprint density at radius 2 is 1.31 bits per heavy atom. The number of ether oxygens (including phenoxy) is 2. The summed E-state index contributed by atoms with van der Waals surface area (Å²) >= 11 is 5.38. The average molecular weight is 661 g/mol. The van der Waals surface area contributed by atoms with Gasteiger partial charge in [-0.05, 0) is 65.7 Å². The molecular weight excluding hydrogens is 635 g/mol. The van der Waals surface area contributed by atoms with E-state index in [1.807, 2.05) is 0 Å². The minimum absolute atomic E-state index is 0.0377. The van der Waals surface area contributed by atoms with E-state index in [2.05, 4.69) is 20.1 Å².